The number of nitrogens with one attached hydrogen (secondary N) is 1. The van der Waals surface area contributed by atoms with Crippen LogP contribution in [0.1, 0.15) is 4.28 Å². The van der Waals surface area contributed by atoms with Gasteiger partial charge in [-0.05, 0) is 138 Å². The predicted molar refractivity (Wildman–Crippen MR) is 360 cm³/mol. The molecule has 0 aromatic heterocycles. The molecule has 13 rings (SSSR count). The van der Waals surface area contributed by atoms with Gasteiger partial charge in [-0.25, -0.2) is 0 Å². The Morgan fingerprint density at radius 1 is 0.284 bits per heavy atom. The number of nitrogens with zero attached hydrogens (tertiary/aromatic N) is 1. The number of hydrogen-bond acceptors (Lipinski definition) is 2. The van der Waals surface area contributed by atoms with Gasteiger partial charge in [0.15, 0.2) is 0 Å². The molecule has 381 valence electrons. The fourth-order valence-corrected chi connectivity index (χ4v) is 10.2. The zero-order valence-electron chi connectivity index (χ0n) is 44.9. The molecule has 7 heteroatoms. The van der Waals surface area contributed by atoms with Crippen LogP contribution in [0.4, 0.5) is 28.4 Å². The number of fused-ring (bicyclic) bond motifs is 3. The van der Waals surface area contributed by atoms with Crippen molar-refractivity contribution in [1.29, 1.82) is 0 Å². The molecular formula is C74H60B5N2. The molecule has 13 aromatic carbocycles. The summed E-state index contributed by atoms with van der Waals surface area (Å²) in [6.07, 6.45) is -0.463. The zero-order valence-corrected chi connectivity index (χ0v) is 44.9. The van der Waals surface area contributed by atoms with E-state index in [9.17, 15) is 0 Å². The van der Waals surface area contributed by atoms with Crippen molar-refractivity contribution in [3.05, 3.63) is 322 Å². The Labute approximate surface area is 486 Å². The van der Waals surface area contributed by atoms with Crippen molar-refractivity contribution in [1.82, 2.24) is 0 Å². The van der Waals surface area contributed by atoms with Gasteiger partial charge in [-0.15, -0.1) is 0 Å². The maximum atomic E-state index is 4.89. The molecule has 0 aliphatic heterocycles. The smallest absolute Gasteiger partial charge is 0.0546 e. The molecule has 1 N–H and O–H groups in total. The van der Waals surface area contributed by atoms with Crippen LogP contribution in [0.25, 0.3) is 88.3 Å². The van der Waals surface area contributed by atoms with Gasteiger partial charge in [-0.3, -0.25) is 0 Å². The van der Waals surface area contributed by atoms with Gasteiger partial charge in [0.05, 0.1) is 5.69 Å². The van der Waals surface area contributed by atoms with Gasteiger partial charge in [0.1, 0.15) is 0 Å². The summed E-state index contributed by atoms with van der Waals surface area (Å²) in [5, 5.41) is 8.47. The van der Waals surface area contributed by atoms with E-state index in [0.717, 1.165) is 28.4 Å². The molecule has 0 fully saturated rings. The van der Waals surface area contributed by atoms with E-state index < -0.39 is 6.39 Å². The monoisotopic (exact) mass is 1030 g/mol. The van der Waals surface area contributed by atoms with Crippen LogP contribution in [0.2, 0.25) is 0 Å². The quantitative estimate of drug-likeness (QED) is 0.0969. The second-order valence-electron chi connectivity index (χ2n) is 19.8. The van der Waals surface area contributed by atoms with Gasteiger partial charge in [0.2, 0.25) is 0 Å². The standard InChI is InChI=1S/C44H31N.C30H23N.B5.3H2/c1-3-10-32(11-4-1)34-18-20-35(21-19-34)37-26-30-41(31-27-37)45(40-28-24-36(25-29-40)33-12-5-2-6-13-33)43-17-9-15-39-23-22-38-14-7-8-16-42(38)44(39)43;1-3-7-23(8-4-1)25-11-13-26(14-12-25)28-17-21-30(22-18-28)31-29-19-15-27(16-20-29)24-9-5-2-6-10-24;1-4-5(2)3;;;/h1-31H;1-22,31H;;3*1H. The van der Waals surface area contributed by atoms with Crippen LogP contribution in [0.3, 0.4) is 0 Å². The fourth-order valence-electron chi connectivity index (χ4n) is 10.2. The predicted octanol–water partition coefficient (Wildman–Crippen LogP) is 19.7. The summed E-state index contributed by atoms with van der Waals surface area (Å²) in [5.41, 5.74) is 20.2. The minimum atomic E-state index is -0.463. The zero-order chi connectivity index (χ0) is 55.2. The van der Waals surface area contributed by atoms with Gasteiger partial charge in [0.25, 0.3) is 0 Å². The van der Waals surface area contributed by atoms with E-state index in [0.29, 0.717) is 0 Å². The summed E-state index contributed by atoms with van der Waals surface area (Å²) >= 11 is 0. The third kappa shape index (κ3) is 13.1. The van der Waals surface area contributed by atoms with Gasteiger partial charge >= 0.3 is 0 Å². The lowest BCUT2D eigenvalue weighted by Crippen LogP contribution is -2.23. The Bertz CT molecular complexity index is 4090. The van der Waals surface area contributed by atoms with Crippen LogP contribution in [0.15, 0.2) is 322 Å². The lowest BCUT2D eigenvalue weighted by atomic mass is 8.97. The maximum absolute atomic E-state index is 4.89. The normalized spacial score (nSPS) is 10.6. The molecule has 13 aromatic rings. The van der Waals surface area contributed by atoms with E-state index in [2.05, 4.69) is 320 Å². The first-order chi connectivity index (χ1) is 39.9. The van der Waals surface area contributed by atoms with Crippen LogP contribution < -0.4 is 10.2 Å². The summed E-state index contributed by atoms with van der Waals surface area (Å²) in [7, 11) is 15.8. The van der Waals surface area contributed by atoms with E-state index >= 15 is 0 Å². The minimum Gasteiger partial charge on any atom is -0.356 e. The number of rotatable bonds is 12. The summed E-state index contributed by atoms with van der Waals surface area (Å²) in [4.78, 5) is 2.39. The van der Waals surface area contributed by atoms with Gasteiger partial charge < -0.3 is 10.2 Å². The Kier molecular flexibility index (Phi) is 17.0. The van der Waals surface area contributed by atoms with Crippen molar-refractivity contribution in [3.63, 3.8) is 0 Å². The van der Waals surface area contributed by atoms with Crippen molar-refractivity contribution < 1.29 is 4.28 Å². The lowest BCUT2D eigenvalue weighted by molar-refractivity contribution is 1.30. The second-order valence-corrected chi connectivity index (χ2v) is 19.8. The van der Waals surface area contributed by atoms with Crippen molar-refractivity contribution in [2.75, 3.05) is 10.2 Å². The molecule has 0 unspecified atom stereocenters. The lowest BCUT2D eigenvalue weighted by Gasteiger charge is -2.28. The van der Waals surface area contributed by atoms with Gasteiger partial charge in [-0.2, -0.15) is 0 Å². The summed E-state index contributed by atoms with van der Waals surface area (Å²) in [6, 6.07) is 114. The van der Waals surface area contributed by atoms with Crippen molar-refractivity contribution in [2.45, 2.75) is 0 Å². The minimum absolute atomic E-state index is 0. The topological polar surface area (TPSA) is 15.3 Å². The summed E-state index contributed by atoms with van der Waals surface area (Å²) in [5.74, 6) is 0. The van der Waals surface area contributed by atoms with E-state index in [1.54, 1.807) is 0 Å². The Morgan fingerprint density at radius 3 is 0.901 bits per heavy atom. The molecule has 0 saturated heterocycles. The van der Waals surface area contributed by atoms with E-state index in [4.69, 9.17) is 23.2 Å². The number of benzene rings is 13. The average Bonchev–Trinajstić information content (AvgIpc) is 2.37. The molecule has 2 nitrogen and oxygen atoms in total. The van der Waals surface area contributed by atoms with Crippen LogP contribution in [0.5, 0.6) is 0 Å². The Balaban J connectivity index is 0.000000207. The molecule has 81 heavy (non-hydrogen) atoms. The van der Waals surface area contributed by atoms with E-state index in [1.165, 1.54) is 95.4 Å². The molecule has 0 saturated carbocycles. The van der Waals surface area contributed by atoms with Crippen LogP contribution >= 0.6 is 0 Å². The fraction of sp³-hybridized carbons (Fsp3) is 0. The molecule has 0 atom stereocenters. The summed E-state index contributed by atoms with van der Waals surface area (Å²) in [6.45, 7) is 0. The van der Waals surface area contributed by atoms with Gasteiger partial charge in [0, 0.05) is 69.1 Å². The Hall–Kier alpha value is -9.70. The van der Waals surface area contributed by atoms with Crippen LogP contribution in [-0.2, 0) is 0 Å². The number of hydrogen-bond donors (Lipinski definition) is 1. The van der Waals surface area contributed by atoms with Gasteiger partial charge in [-0.1, -0.05) is 267 Å². The van der Waals surface area contributed by atoms with Crippen LogP contribution in [-0.4, -0.2) is 36.7 Å². The van der Waals surface area contributed by atoms with Crippen LogP contribution in [0, 0.1) is 0 Å². The Morgan fingerprint density at radius 2 is 0.556 bits per heavy atom. The highest BCUT2D eigenvalue weighted by Crippen LogP contribution is 2.43. The maximum Gasteiger partial charge on any atom is 0.0546 e. The molecule has 0 spiro atoms. The summed E-state index contributed by atoms with van der Waals surface area (Å²) < 4.78 is 0. The second kappa shape index (κ2) is 25.8. The van der Waals surface area contributed by atoms with E-state index in [-0.39, 0.29) is 4.28 Å². The highest BCUT2D eigenvalue weighted by atomic mass is 15.1. The highest BCUT2D eigenvalue weighted by Gasteiger charge is 2.18. The third-order valence-corrected chi connectivity index (χ3v) is 14.4. The molecule has 0 aliphatic carbocycles. The number of anilines is 5. The third-order valence-electron chi connectivity index (χ3n) is 14.4. The van der Waals surface area contributed by atoms with Crippen molar-refractivity contribution >= 4 is 86.6 Å². The first-order valence-corrected chi connectivity index (χ1v) is 27.3. The highest BCUT2D eigenvalue weighted by molar-refractivity contribution is 7.60. The largest absolute Gasteiger partial charge is 0.356 e. The average molecular weight is 1030 g/mol. The molecular weight excluding hydrogens is 971 g/mol. The SMILES string of the molecule is [B][B]B([B])[B].[HH].[HH].[HH].c1ccc(-c2ccc(-c3ccc(N(c4ccc(-c5ccccc5)cc4)c4cccc5ccc6ccccc6c45)cc3)cc2)cc1.c1ccc(-c2ccc(Nc3ccc(-c4ccc(-c5ccccc5)cc4)cc3)cc2)cc1. The van der Waals surface area contributed by atoms with E-state index in [1.807, 2.05) is 12.1 Å². The molecule has 7 radical (unpaired) electrons. The first kappa shape index (κ1) is 53.3. The molecule has 0 amide bonds. The van der Waals surface area contributed by atoms with Crippen molar-refractivity contribution in [2.24, 2.45) is 0 Å². The molecule has 0 bridgehead atoms. The van der Waals surface area contributed by atoms with Crippen molar-refractivity contribution in [3.8, 4) is 66.8 Å². The first-order valence-electron chi connectivity index (χ1n) is 27.3. The molecule has 0 heterocycles. The molecule has 0 aliphatic rings.